The van der Waals surface area contributed by atoms with Gasteiger partial charge < -0.3 is 15.2 Å². The van der Waals surface area contributed by atoms with Crippen LogP contribution in [0.15, 0.2) is 18.2 Å². The first-order valence-corrected chi connectivity index (χ1v) is 4.72. The first kappa shape index (κ1) is 11.4. The van der Waals surface area contributed by atoms with Gasteiger partial charge in [0.05, 0.1) is 14.2 Å². The molecule has 2 N–H and O–H groups in total. The number of ether oxygens (including phenoxy) is 2. The molecule has 3 heteroatoms. The van der Waals surface area contributed by atoms with E-state index < -0.39 is 0 Å². The number of methoxy groups -OCH3 is 2. The predicted octanol–water partition coefficient (Wildman–Crippen LogP) is 1.40. The van der Waals surface area contributed by atoms with Crippen molar-refractivity contribution in [3.63, 3.8) is 0 Å². The highest BCUT2D eigenvalue weighted by Gasteiger charge is 1.98. The lowest BCUT2D eigenvalue weighted by Crippen LogP contribution is -1.95. The van der Waals surface area contributed by atoms with Crippen molar-refractivity contribution < 1.29 is 9.47 Å². The molecule has 0 heterocycles. The van der Waals surface area contributed by atoms with Crippen molar-refractivity contribution in [1.82, 2.24) is 0 Å². The van der Waals surface area contributed by atoms with Crippen LogP contribution in [0.3, 0.4) is 0 Å². The van der Waals surface area contributed by atoms with Gasteiger partial charge in [-0.3, -0.25) is 0 Å². The van der Waals surface area contributed by atoms with E-state index in [1.54, 1.807) is 14.2 Å². The standard InChI is InChI=1S/C12H15NO2/c1-14-11-7-10(5-3-4-6-13)8-12(9-11)15-2/h7-9H,4,6,13H2,1-2H3. The van der Waals surface area contributed by atoms with E-state index in [0.29, 0.717) is 13.0 Å². The molecule has 0 aromatic heterocycles. The van der Waals surface area contributed by atoms with Gasteiger partial charge >= 0.3 is 0 Å². The third kappa shape index (κ3) is 3.53. The molecule has 80 valence electrons. The Bertz CT molecular complexity index is 355. The van der Waals surface area contributed by atoms with Crippen LogP contribution in [-0.4, -0.2) is 20.8 Å². The largest absolute Gasteiger partial charge is 0.497 e. The Labute approximate surface area is 90.2 Å². The second kappa shape index (κ2) is 5.94. The normalized spacial score (nSPS) is 9.00. The summed E-state index contributed by atoms with van der Waals surface area (Å²) in [6.07, 6.45) is 0.694. The molecule has 0 aliphatic heterocycles. The van der Waals surface area contributed by atoms with Crippen molar-refractivity contribution in [1.29, 1.82) is 0 Å². The average molecular weight is 205 g/mol. The first-order valence-electron chi connectivity index (χ1n) is 4.72. The van der Waals surface area contributed by atoms with Crippen LogP contribution in [0.4, 0.5) is 0 Å². The summed E-state index contributed by atoms with van der Waals surface area (Å²) in [4.78, 5) is 0. The molecule has 0 aliphatic carbocycles. The third-order valence-corrected chi connectivity index (χ3v) is 1.85. The van der Waals surface area contributed by atoms with Crippen LogP contribution in [0.2, 0.25) is 0 Å². The van der Waals surface area contributed by atoms with Crippen molar-refractivity contribution in [3.8, 4) is 23.3 Å². The van der Waals surface area contributed by atoms with Crippen molar-refractivity contribution in [2.75, 3.05) is 20.8 Å². The molecule has 0 aliphatic rings. The molecule has 0 amide bonds. The quantitative estimate of drug-likeness (QED) is 0.759. The minimum Gasteiger partial charge on any atom is -0.497 e. The van der Waals surface area contributed by atoms with Crippen molar-refractivity contribution in [2.24, 2.45) is 5.73 Å². The van der Waals surface area contributed by atoms with Crippen LogP contribution >= 0.6 is 0 Å². The summed E-state index contributed by atoms with van der Waals surface area (Å²) in [5, 5.41) is 0. The number of rotatable bonds is 3. The number of hydrogen-bond acceptors (Lipinski definition) is 3. The van der Waals surface area contributed by atoms with E-state index in [9.17, 15) is 0 Å². The molecule has 0 radical (unpaired) electrons. The Hall–Kier alpha value is -1.66. The lowest BCUT2D eigenvalue weighted by atomic mass is 10.2. The number of benzene rings is 1. The minimum atomic E-state index is 0.577. The molecule has 0 spiro atoms. The molecule has 0 saturated heterocycles. The van der Waals surface area contributed by atoms with Crippen molar-refractivity contribution >= 4 is 0 Å². The zero-order chi connectivity index (χ0) is 11.1. The molecule has 1 aromatic rings. The molecule has 15 heavy (non-hydrogen) atoms. The Morgan fingerprint density at radius 3 is 2.20 bits per heavy atom. The summed E-state index contributed by atoms with van der Waals surface area (Å²) in [6.45, 7) is 0.577. The molecule has 0 saturated carbocycles. The highest BCUT2D eigenvalue weighted by Crippen LogP contribution is 2.21. The van der Waals surface area contributed by atoms with Gasteiger partial charge in [-0.1, -0.05) is 11.8 Å². The summed E-state index contributed by atoms with van der Waals surface area (Å²) in [5.74, 6) is 7.46. The van der Waals surface area contributed by atoms with Gasteiger partial charge in [0.1, 0.15) is 11.5 Å². The second-order valence-electron chi connectivity index (χ2n) is 2.94. The molecular formula is C12H15NO2. The van der Waals surface area contributed by atoms with E-state index in [0.717, 1.165) is 17.1 Å². The average Bonchev–Trinajstić information content (AvgIpc) is 2.29. The molecular weight excluding hydrogens is 190 g/mol. The lowest BCUT2D eigenvalue weighted by Gasteiger charge is -2.04. The van der Waals surface area contributed by atoms with E-state index in [1.807, 2.05) is 18.2 Å². The monoisotopic (exact) mass is 205 g/mol. The van der Waals surface area contributed by atoms with Gasteiger partial charge in [0, 0.05) is 24.6 Å². The van der Waals surface area contributed by atoms with E-state index >= 15 is 0 Å². The first-order chi connectivity index (χ1) is 7.30. The summed E-state index contributed by atoms with van der Waals surface area (Å²) in [5.41, 5.74) is 6.23. The molecule has 0 fully saturated rings. The third-order valence-electron chi connectivity index (χ3n) is 1.85. The lowest BCUT2D eigenvalue weighted by molar-refractivity contribution is 0.394. The van der Waals surface area contributed by atoms with E-state index in [-0.39, 0.29) is 0 Å². The van der Waals surface area contributed by atoms with Crippen LogP contribution in [0.5, 0.6) is 11.5 Å². The molecule has 1 aromatic carbocycles. The maximum atomic E-state index is 5.35. The van der Waals surface area contributed by atoms with Gasteiger partial charge in [0.15, 0.2) is 0 Å². The maximum Gasteiger partial charge on any atom is 0.123 e. The van der Waals surface area contributed by atoms with Gasteiger partial charge in [0.25, 0.3) is 0 Å². The van der Waals surface area contributed by atoms with Crippen molar-refractivity contribution in [3.05, 3.63) is 23.8 Å². The molecule has 1 rings (SSSR count). The Balaban J connectivity index is 2.93. The fourth-order valence-corrected chi connectivity index (χ4v) is 1.12. The van der Waals surface area contributed by atoms with Crippen LogP contribution in [0.1, 0.15) is 12.0 Å². The van der Waals surface area contributed by atoms with Gasteiger partial charge in [-0.15, -0.1) is 0 Å². The molecule has 3 nitrogen and oxygen atoms in total. The van der Waals surface area contributed by atoms with Crippen molar-refractivity contribution in [2.45, 2.75) is 6.42 Å². The van der Waals surface area contributed by atoms with Crippen LogP contribution < -0.4 is 15.2 Å². The molecule has 0 unspecified atom stereocenters. The minimum absolute atomic E-state index is 0.577. The zero-order valence-electron chi connectivity index (χ0n) is 9.04. The fourth-order valence-electron chi connectivity index (χ4n) is 1.12. The summed E-state index contributed by atoms with van der Waals surface area (Å²) in [7, 11) is 3.23. The maximum absolute atomic E-state index is 5.35. The van der Waals surface area contributed by atoms with Crippen LogP contribution in [-0.2, 0) is 0 Å². The fraction of sp³-hybridized carbons (Fsp3) is 0.333. The Morgan fingerprint density at radius 2 is 1.73 bits per heavy atom. The topological polar surface area (TPSA) is 44.5 Å². The van der Waals surface area contributed by atoms with Gasteiger partial charge in [-0.25, -0.2) is 0 Å². The van der Waals surface area contributed by atoms with Gasteiger partial charge in [0.2, 0.25) is 0 Å². The summed E-state index contributed by atoms with van der Waals surface area (Å²) in [6, 6.07) is 5.55. The smallest absolute Gasteiger partial charge is 0.123 e. The SMILES string of the molecule is COc1cc(C#CCCN)cc(OC)c1. The number of hydrogen-bond donors (Lipinski definition) is 1. The van der Waals surface area contributed by atoms with Crippen LogP contribution in [0.25, 0.3) is 0 Å². The zero-order valence-corrected chi connectivity index (χ0v) is 9.04. The summed E-state index contributed by atoms with van der Waals surface area (Å²) >= 11 is 0. The van der Waals surface area contributed by atoms with Crippen LogP contribution in [0, 0.1) is 11.8 Å². The second-order valence-corrected chi connectivity index (χ2v) is 2.94. The van der Waals surface area contributed by atoms with Gasteiger partial charge in [-0.2, -0.15) is 0 Å². The van der Waals surface area contributed by atoms with E-state index in [2.05, 4.69) is 11.8 Å². The Morgan fingerprint density at radius 1 is 1.13 bits per heavy atom. The van der Waals surface area contributed by atoms with E-state index in [4.69, 9.17) is 15.2 Å². The molecule has 0 atom stereocenters. The summed E-state index contributed by atoms with van der Waals surface area (Å²) < 4.78 is 10.3. The van der Waals surface area contributed by atoms with Gasteiger partial charge in [-0.05, 0) is 12.1 Å². The van der Waals surface area contributed by atoms with E-state index in [1.165, 1.54) is 0 Å². The highest BCUT2D eigenvalue weighted by molar-refractivity contribution is 5.46. The highest BCUT2D eigenvalue weighted by atomic mass is 16.5. The predicted molar refractivity (Wildman–Crippen MR) is 60.1 cm³/mol. The Kier molecular flexibility index (Phi) is 4.52. The molecule has 0 bridgehead atoms. The number of nitrogens with two attached hydrogens (primary N) is 1.